The molecule has 5 nitrogen and oxygen atoms in total. The Morgan fingerprint density at radius 3 is 2.62 bits per heavy atom. The summed E-state index contributed by atoms with van der Waals surface area (Å²) in [6, 6.07) is 27.2. The number of rotatable bonds is 9. The lowest BCUT2D eigenvalue weighted by molar-refractivity contribution is 0.181. The summed E-state index contributed by atoms with van der Waals surface area (Å²) in [5, 5.41) is 10.4. The summed E-state index contributed by atoms with van der Waals surface area (Å²) >= 11 is 1.81. The number of aromatic nitrogens is 3. The normalized spacial score (nSPS) is 15.1. The highest BCUT2D eigenvalue weighted by Gasteiger charge is 2.24. The fourth-order valence-electron chi connectivity index (χ4n) is 4.47. The molecule has 0 amide bonds. The van der Waals surface area contributed by atoms with Gasteiger partial charge < -0.3 is 14.0 Å². The zero-order chi connectivity index (χ0) is 23.2. The first-order chi connectivity index (χ1) is 16.8. The number of fused-ring (bicyclic) bond motifs is 1. The molecule has 1 aromatic heterocycles. The van der Waals surface area contributed by atoms with Gasteiger partial charge in [0.1, 0.15) is 12.4 Å². The maximum Gasteiger partial charge on any atom is 0.191 e. The van der Waals surface area contributed by atoms with Crippen molar-refractivity contribution in [2.75, 3.05) is 13.7 Å². The van der Waals surface area contributed by atoms with E-state index in [4.69, 9.17) is 9.47 Å². The van der Waals surface area contributed by atoms with Gasteiger partial charge in [0.25, 0.3) is 0 Å². The van der Waals surface area contributed by atoms with E-state index in [9.17, 15) is 0 Å². The molecule has 0 saturated heterocycles. The van der Waals surface area contributed by atoms with Crippen LogP contribution in [0.1, 0.15) is 35.0 Å². The Morgan fingerprint density at radius 1 is 0.941 bits per heavy atom. The Morgan fingerprint density at radius 2 is 1.74 bits per heavy atom. The van der Waals surface area contributed by atoms with Gasteiger partial charge in [-0.3, -0.25) is 0 Å². The summed E-state index contributed by atoms with van der Waals surface area (Å²) < 4.78 is 13.8. The van der Waals surface area contributed by atoms with Crippen molar-refractivity contribution in [3.05, 3.63) is 95.8 Å². The molecule has 4 aromatic rings. The molecule has 3 aromatic carbocycles. The fraction of sp³-hybridized carbons (Fsp3) is 0.286. The van der Waals surface area contributed by atoms with Crippen molar-refractivity contribution in [2.24, 2.45) is 0 Å². The van der Waals surface area contributed by atoms with E-state index in [1.807, 2.05) is 36.4 Å². The van der Waals surface area contributed by atoms with E-state index in [0.717, 1.165) is 40.7 Å². The molecule has 0 aliphatic heterocycles. The topological polar surface area (TPSA) is 49.2 Å². The number of methoxy groups -OCH3 is 1. The monoisotopic (exact) mass is 471 g/mol. The fourth-order valence-corrected chi connectivity index (χ4v) is 5.78. The zero-order valence-electron chi connectivity index (χ0n) is 19.4. The lowest BCUT2D eigenvalue weighted by Gasteiger charge is -2.24. The number of ether oxygens (including phenoxy) is 2. The quantitative estimate of drug-likeness (QED) is 0.285. The second-order valence-electron chi connectivity index (χ2n) is 8.39. The summed E-state index contributed by atoms with van der Waals surface area (Å²) in [5.41, 5.74) is 5.08. The van der Waals surface area contributed by atoms with Crippen molar-refractivity contribution >= 4 is 11.8 Å². The number of para-hydroxylation sites is 1. The zero-order valence-corrected chi connectivity index (χ0v) is 20.2. The number of thioether (sulfide) groups is 1. The Bertz CT molecular complexity index is 1230. The summed E-state index contributed by atoms with van der Waals surface area (Å²) in [6.07, 6.45) is 3.51. The lowest BCUT2D eigenvalue weighted by Crippen LogP contribution is -2.13. The number of hydrogen-bond acceptors (Lipinski definition) is 5. The van der Waals surface area contributed by atoms with Crippen molar-refractivity contribution in [2.45, 2.75) is 42.8 Å². The molecule has 0 radical (unpaired) electrons. The molecule has 0 spiro atoms. The highest BCUT2D eigenvalue weighted by atomic mass is 32.2. The van der Waals surface area contributed by atoms with Gasteiger partial charge in [0, 0.05) is 24.5 Å². The number of aryl methyl sites for hydroxylation is 1. The molecule has 0 saturated carbocycles. The maximum absolute atomic E-state index is 6.28. The van der Waals surface area contributed by atoms with E-state index >= 15 is 0 Å². The molecule has 34 heavy (non-hydrogen) atoms. The molecule has 5 rings (SSSR count). The summed E-state index contributed by atoms with van der Waals surface area (Å²) in [6.45, 7) is 1.64. The number of nitrogens with zero attached hydrogens (tertiary/aromatic N) is 3. The largest absolute Gasteiger partial charge is 0.485 e. The van der Waals surface area contributed by atoms with E-state index in [2.05, 4.69) is 57.2 Å². The third-order valence-corrected chi connectivity index (χ3v) is 7.49. The van der Waals surface area contributed by atoms with Crippen LogP contribution in [0, 0.1) is 0 Å². The van der Waals surface area contributed by atoms with Gasteiger partial charge in [0.15, 0.2) is 11.0 Å². The highest BCUT2D eigenvalue weighted by molar-refractivity contribution is 7.99. The molecule has 0 fully saturated rings. The molecule has 1 unspecified atom stereocenters. The molecular weight excluding hydrogens is 442 g/mol. The lowest BCUT2D eigenvalue weighted by atomic mass is 9.91. The van der Waals surface area contributed by atoms with E-state index < -0.39 is 0 Å². The standard InChI is InChI=1S/C28H29N3O2S/c1-32-19-18-31-27(20-33-25-16-8-7-14-23(25)21-10-3-2-4-11-21)29-30-28(31)34-26-17-9-13-22-12-5-6-15-24(22)26/h2-8,10-12,14-16,26H,9,13,17-20H2,1H3. The van der Waals surface area contributed by atoms with Crippen LogP contribution in [0.4, 0.5) is 0 Å². The second kappa shape index (κ2) is 10.9. The van der Waals surface area contributed by atoms with Crippen LogP contribution in [0.3, 0.4) is 0 Å². The van der Waals surface area contributed by atoms with Crippen molar-refractivity contribution in [3.63, 3.8) is 0 Å². The van der Waals surface area contributed by atoms with Crippen molar-refractivity contribution in [3.8, 4) is 16.9 Å². The average Bonchev–Trinajstić information content (AvgIpc) is 3.28. The average molecular weight is 472 g/mol. The van der Waals surface area contributed by atoms with Crippen LogP contribution in [0.2, 0.25) is 0 Å². The van der Waals surface area contributed by atoms with Crippen LogP contribution in [-0.4, -0.2) is 28.5 Å². The van der Waals surface area contributed by atoms with E-state index in [1.165, 1.54) is 17.5 Å². The predicted molar refractivity (Wildman–Crippen MR) is 136 cm³/mol. The van der Waals surface area contributed by atoms with Crippen LogP contribution < -0.4 is 4.74 Å². The van der Waals surface area contributed by atoms with Gasteiger partial charge in [-0.1, -0.05) is 84.6 Å². The third kappa shape index (κ3) is 5.03. The maximum atomic E-state index is 6.28. The van der Waals surface area contributed by atoms with Crippen LogP contribution in [0.5, 0.6) is 5.75 Å². The molecule has 0 N–H and O–H groups in total. The highest BCUT2D eigenvalue weighted by Crippen LogP contribution is 2.43. The van der Waals surface area contributed by atoms with Gasteiger partial charge >= 0.3 is 0 Å². The van der Waals surface area contributed by atoms with Crippen molar-refractivity contribution in [1.82, 2.24) is 14.8 Å². The Labute approximate surface area is 205 Å². The van der Waals surface area contributed by atoms with E-state index in [0.29, 0.717) is 25.0 Å². The minimum absolute atomic E-state index is 0.350. The van der Waals surface area contributed by atoms with Crippen LogP contribution in [-0.2, 0) is 24.3 Å². The molecule has 1 atom stereocenters. The van der Waals surface area contributed by atoms with Gasteiger partial charge in [-0.15, -0.1) is 10.2 Å². The second-order valence-corrected chi connectivity index (χ2v) is 9.56. The SMILES string of the molecule is COCCn1c(COc2ccccc2-c2ccccc2)nnc1SC1CCCc2ccccc21. The number of benzene rings is 3. The van der Waals surface area contributed by atoms with E-state index in [1.54, 1.807) is 18.9 Å². The summed E-state index contributed by atoms with van der Waals surface area (Å²) in [5.74, 6) is 1.65. The third-order valence-electron chi connectivity index (χ3n) is 6.20. The molecule has 1 aliphatic carbocycles. The summed E-state index contributed by atoms with van der Waals surface area (Å²) in [4.78, 5) is 0. The van der Waals surface area contributed by atoms with Gasteiger partial charge in [0.05, 0.1) is 6.61 Å². The molecule has 1 heterocycles. The Hall–Kier alpha value is -3.09. The van der Waals surface area contributed by atoms with Crippen LogP contribution >= 0.6 is 11.8 Å². The first kappa shape index (κ1) is 22.7. The molecule has 174 valence electrons. The minimum atomic E-state index is 0.350. The first-order valence-corrected chi connectivity index (χ1v) is 12.6. The smallest absolute Gasteiger partial charge is 0.191 e. The van der Waals surface area contributed by atoms with Crippen LogP contribution in [0.15, 0.2) is 84.0 Å². The molecular formula is C28H29N3O2S. The van der Waals surface area contributed by atoms with Gasteiger partial charge in [-0.25, -0.2) is 0 Å². The molecule has 6 heteroatoms. The Kier molecular flexibility index (Phi) is 7.27. The number of hydrogen-bond donors (Lipinski definition) is 0. The van der Waals surface area contributed by atoms with Crippen molar-refractivity contribution < 1.29 is 9.47 Å². The first-order valence-electron chi connectivity index (χ1n) is 11.8. The minimum Gasteiger partial charge on any atom is -0.485 e. The van der Waals surface area contributed by atoms with Gasteiger partial charge in [0.2, 0.25) is 0 Å². The van der Waals surface area contributed by atoms with Gasteiger partial charge in [-0.2, -0.15) is 0 Å². The molecule has 1 aliphatic rings. The Balaban J connectivity index is 1.37. The summed E-state index contributed by atoms with van der Waals surface area (Å²) in [7, 11) is 1.72. The molecule has 0 bridgehead atoms. The predicted octanol–water partition coefficient (Wildman–Crippen LogP) is 6.34. The van der Waals surface area contributed by atoms with E-state index in [-0.39, 0.29) is 0 Å². The van der Waals surface area contributed by atoms with Crippen LogP contribution in [0.25, 0.3) is 11.1 Å². The van der Waals surface area contributed by atoms with Crippen molar-refractivity contribution in [1.29, 1.82) is 0 Å². The van der Waals surface area contributed by atoms with Gasteiger partial charge in [-0.05, 0) is 42.0 Å².